The Morgan fingerprint density at radius 1 is 1.47 bits per heavy atom. The SMILES string of the molecule is CCOC(=O)c1cc(OC(C)=O)c(C)[nH]1. The predicted octanol–water partition coefficient (Wildman–Crippen LogP) is 1.43. The molecule has 0 spiro atoms. The maximum absolute atomic E-state index is 11.3. The number of H-pyrrole nitrogens is 1. The number of carbonyl (C=O) groups is 2. The number of carbonyl (C=O) groups excluding carboxylic acids is 2. The van der Waals surface area contributed by atoms with Gasteiger partial charge in [0.15, 0.2) is 5.75 Å². The molecule has 5 heteroatoms. The third-order valence-corrected chi connectivity index (χ3v) is 1.72. The zero-order valence-corrected chi connectivity index (χ0v) is 8.92. The summed E-state index contributed by atoms with van der Waals surface area (Å²) in [6.07, 6.45) is 0. The first kappa shape index (κ1) is 11.3. The van der Waals surface area contributed by atoms with E-state index in [-0.39, 0.29) is 5.69 Å². The number of esters is 2. The monoisotopic (exact) mass is 211 g/mol. The van der Waals surface area contributed by atoms with Gasteiger partial charge in [-0.1, -0.05) is 0 Å². The fourth-order valence-electron chi connectivity index (χ4n) is 1.12. The molecule has 0 saturated heterocycles. The van der Waals surface area contributed by atoms with Crippen molar-refractivity contribution in [3.05, 3.63) is 17.5 Å². The van der Waals surface area contributed by atoms with E-state index in [9.17, 15) is 9.59 Å². The van der Waals surface area contributed by atoms with Gasteiger partial charge in [0.2, 0.25) is 0 Å². The third-order valence-electron chi connectivity index (χ3n) is 1.72. The summed E-state index contributed by atoms with van der Waals surface area (Å²) in [7, 11) is 0. The molecule has 5 nitrogen and oxygen atoms in total. The molecule has 0 radical (unpaired) electrons. The molecule has 0 aromatic carbocycles. The van der Waals surface area contributed by atoms with E-state index < -0.39 is 11.9 Å². The number of aromatic nitrogens is 1. The van der Waals surface area contributed by atoms with E-state index >= 15 is 0 Å². The summed E-state index contributed by atoms with van der Waals surface area (Å²) < 4.78 is 9.67. The van der Waals surface area contributed by atoms with Crippen LogP contribution in [0.2, 0.25) is 0 Å². The molecule has 0 saturated carbocycles. The maximum atomic E-state index is 11.3. The van der Waals surface area contributed by atoms with Crippen molar-refractivity contribution < 1.29 is 19.1 Å². The first-order valence-corrected chi connectivity index (χ1v) is 4.59. The number of hydrogen-bond donors (Lipinski definition) is 1. The van der Waals surface area contributed by atoms with Gasteiger partial charge in [0.05, 0.1) is 12.3 Å². The molecule has 1 rings (SSSR count). The molecule has 0 unspecified atom stereocenters. The van der Waals surface area contributed by atoms with Gasteiger partial charge in [0, 0.05) is 13.0 Å². The lowest BCUT2D eigenvalue weighted by Crippen LogP contribution is -2.04. The van der Waals surface area contributed by atoms with Crippen LogP contribution in [-0.4, -0.2) is 23.5 Å². The van der Waals surface area contributed by atoms with Crippen LogP contribution in [0.25, 0.3) is 0 Å². The highest BCUT2D eigenvalue weighted by atomic mass is 16.5. The first-order chi connectivity index (χ1) is 7.04. The average Bonchev–Trinajstić information content (AvgIpc) is 2.47. The topological polar surface area (TPSA) is 68.4 Å². The van der Waals surface area contributed by atoms with E-state index in [1.165, 1.54) is 13.0 Å². The summed E-state index contributed by atoms with van der Waals surface area (Å²) in [5.74, 6) is -0.530. The van der Waals surface area contributed by atoms with E-state index in [1.54, 1.807) is 13.8 Å². The van der Waals surface area contributed by atoms with Crippen molar-refractivity contribution >= 4 is 11.9 Å². The second-order valence-electron chi connectivity index (χ2n) is 2.99. The molecule has 1 aromatic heterocycles. The molecule has 15 heavy (non-hydrogen) atoms. The van der Waals surface area contributed by atoms with E-state index in [0.29, 0.717) is 18.1 Å². The Balaban J connectivity index is 2.85. The fraction of sp³-hybridized carbons (Fsp3) is 0.400. The first-order valence-electron chi connectivity index (χ1n) is 4.59. The van der Waals surface area contributed by atoms with Crippen molar-refractivity contribution in [2.24, 2.45) is 0 Å². The summed E-state index contributed by atoms with van der Waals surface area (Å²) in [5, 5.41) is 0. The minimum atomic E-state index is -0.459. The maximum Gasteiger partial charge on any atom is 0.354 e. The van der Waals surface area contributed by atoms with Gasteiger partial charge in [-0.05, 0) is 13.8 Å². The van der Waals surface area contributed by atoms with Crippen molar-refractivity contribution in [2.45, 2.75) is 20.8 Å². The lowest BCUT2D eigenvalue weighted by Gasteiger charge is -1.97. The number of hydrogen-bond acceptors (Lipinski definition) is 4. The average molecular weight is 211 g/mol. The highest BCUT2D eigenvalue weighted by Gasteiger charge is 2.14. The van der Waals surface area contributed by atoms with Crippen LogP contribution in [0.3, 0.4) is 0 Å². The highest BCUT2D eigenvalue weighted by Crippen LogP contribution is 2.19. The van der Waals surface area contributed by atoms with Gasteiger partial charge in [0.25, 0.3) is 0 Å². The molecule has 0 aliphatic rings. The largest absolute Gasteiger partial charge is 0.461 e. The standard InChI is InChI=1S/C10H13NO4/c1-4-14-10(13)8-5-9(6(2)11-8)15-7(3)12/h5,11H,4H2,1-3H3. The van der Waals surface area contributed by atoms with Crippen molar-refractivity contribution in [1.29, 1.82) is 0 Å². The molecule has 0 atom stereocenters. The van der Waals surface area contributed by atoms with Crippen LogP contribution in [0, 0.1) is 6.92 Å². The molecule has 0 aliphatic heterocycles. The van der Waals surface area contributed by atoms with Crippen LogP contribution in [-0.2, 0) is 9.53 Å². The highest BCUT2D eigenvalue weighted by molar-refractivity contribution is 5.88. The lowest BCUT2D eigenvalue weighted by molar-refractivity contribution is -0.131. The molecular formula is C10H13NO4. The summed E-state index contributed by atoms with van der Waals surface area (Å²) in [6.45, 7) is 5.04. The number of rotatable bonds is 3. The fourth-order valence-corrected chi connectivity index (χ4v) is 1.12. The van der Waals surface area contributed by atoms with Crippen LogP contribution in [0.4, 0.5) is 0 Å². The normalized spacial score (nSPS) is 9.80. The number of nitrogens with one attached hydrogen (secondary N) is 1. The van der Waals surface area contributed by atoms with Crippen molar-refractivity contribution in [3.63, 3.8) is 0 Å². The quantitative estimate of drug-likeness (QED) is 0.768. The van der Waals surface area contributed by atoms with Gasteiger partial charge in [-0.25, -0.2) is 4.79 Å². The van der Waals surface area contributed by atoms with Gasteiger partial charge in [0.1, 0.15) is 5.69 Å². The summed E-state index contributed by atoms with van der Waals surface area (Å²) >= 11 is 0. The predicted molar refractivity (Wildman–Crippen MR) is 52.8 cm³/mol. The van der Waals surface area contributed by atoms with Gasteiger partial charge < -0.3 is 14.5 Å². The smallest absolute Gasteiger partial charge is 0.354 e. The molecule has 1 N–H and O–H groups in total. The molecule has 0 amide bonds. The van der Waals surface area contributed by atoms with Gasteiger partial charge >= 0.3 is 11.9 Å². The Bertz CT molecular complexity index is 381. The Morgan fingerprint density at radius 2 is 2.13 bits per heavy atom. The van der Waals surface area contributed by atoms with Crippen LogP contribution < -0.4 is 4.74 Å². The zero-order chi connectivity index (χ0) is 11.4. The molecule has 0 bridgehead atoms. The Morgan fingerprint density at radius 3 is 2.67 bits per heavy atom. The van der Waals surface area contributed by atoms with Crippen molar-refractivity contribution in [1.82, 2.24) is 4.98 Å². The van der Waals surface area contributed by atoms with Crippen molar-refractivity contribution in [2.75, 3.05) is 6.61 Å². The number of aryl methyl sites for hydroxylation is 1. The van der Waals surface area contributed by atoms with Crippen molar-refractivity contribution in [3.8, 4) is 5.75 Å². The zero-order valence-electron chi connectivity index (χ0n) is 8.92. The number of aromatic amines is 1. The molecule has 1 aromatic rings. The minimum absolute atomic E-state index is 0.283. The van der Waals surface area contributed by atoms with Gasteiger partial charge in [-0.3, -0.25) is 4.79 Å². The molecule has 0 aliphatic carbocycles. The van der Waals surface area contributed by atoms with Crippen LogP contribution in [0.1, 0.15) is 30.0 Å². The second kappa shape index (κ2) is 4.63. The molecular weight excluding hydrogens is 198 g/mol. The van der Waals surface area contributed by atoms with Crippen LogP contribution in [0.15, 0.2) is 6.07 Å². The molecule has 1 heterocycles. The van der Waals surface area contributed by atoms with E-state index in [4.69, 9.17) is 9.47 Å². The summed E-state index contributed by atoms with van der Waals surface area (Å²) in [6, 6.07) is 1.45. The third kappa shape index (κ3) is 2.83. The summed E-state index contributed by atoms with van der Waals surface area (Å²) in [5.41, 5.74) is 0.902. The Labute approximate surface area is 87.4 Å². The summed E-state index contributed by atoms with van der Waals surface area (Å²) in [4.78, 5) is 24.8. The van der Waals surface area contributed by atoms with Gasteiger partial charge in [-0.2, -0.15) is 0 Å². The lowest BCUT2D eigenvalue weighted by atomic mass is 10.4. The van der Waals surface area contributed by atoms with Gasteiger partial charge in [-0.15, -0.1) is 0 Å². The molecule has 0 fully saturated rings. The van der Waals surface area contributed by atoms with E-state index in [0.717, 1.165) is 0 Å². The molecule has 82 valence electrons. The van der Waals surface area contributed by atoms with Crippen LogP contribution >= 0.6 is 0 Å². The van der Waals surface area contributed by atoms with E-state index in [1.807, 2.05) is 0 Å². The second-order valence-corrected chi connectivity index (χ2v) is 2.99. The number of ether oxygens (including phenoxy) is 2. The van der Waals surface area contributed by atoms with E-state index in [2.05, 4.69) is 4.98 Å². The minimum Gasteiger partial charge on any atom is -0.461 e. The Hall–Kier alpha value is -1.78. The Kier molecular flexibility index (Phi) is 3.49. The van der Waals surface area contributed by atoms with Crippen LogP contribution in [0.5, 0.6) is 5.75 Å².